The van der Waals surface area contributed by atoms with Crippen molar-refractivity contribution in [1.29, 1.82) is 0 Å². The van der Waals surface area contributed by atoms with E-state index in [1.165, 1.54) is 11.3 Å². The fraction of sp³-hybridized carbons (Fsp3) is 0.500. The van der Waals surface area contributed by atoms with Crippen LogP contribution >= 0.6 is 22.9 Å². The molecule has 0 radical (unpaired) electrons. The maximum Gasteiger partial charge on any atom is 0.273 e. The molecule has 10 heavy (non-hydrogen) atoms. The van der Waals surface area contributed by atoms with E-state index >= 15 is 0 Å². The van der Waals surface area contributed by atoms with E-state index in [0.717, 1.165) is 4.88 Å². The van der Waals surface area contributed by atoms with Crippen LogP contribution in [0.5, 0.6) is 5.19 Å². The molecule has 0 atom stereocenters. The van der Waals surface area contributed by atoms with Crippen LogP contribution in [0.2, 0.25) is 0 Å². The molecule has 0 spiro atoms. The van der Waals surface area contributed by atoms with Crippen LogP contribution in [0.1, 0.15) is 11.8 Å². The summed E-state index contributed by atoms with van der Waals surface area (Å²) >= 11 is 7.05. The summed E-state index contributed by atoms with van der Waals surface area (Å²) in [6.45, 7) is 2.59. The first-order valence-corrected chi connectivity index (χ1v) is 4.35. The number of ether oxygens (including phenoxy) is 1. The molecule has 4 heteroatoms. The summed E-state index contributed by atoms with van der Waals surface area (Å²) in [4.78, 5) is 5.04. The third-order valence-electron chi connectivity index (χ3n) is 0.932. The van der Waals surface area contributed by atoms with Gasteiger partial charge in [0.15, 0.2) is 0 Å². The number of hydrogen-bond donors (Lipinski definition) is 0. The van der Waals surface area contributed by atoms with Gasteiger partial charge in [-0.1, -0.05) is 11.3 Å². The van der Waals surface area contributed by atoms with Crippen molar-refractivity contribution < 1.29 is 4.74 Å². The molecule has 0 N–H and O–H groups in total. The predicted octanol–water partition coefficient (Wildman–Crippen LogP) is 2.28. The Morgan fingerprint density at radius 2 is 2.60 bits per heavy atom. The molecule has 0 bridgehead atoms. The van der Waals surface area contributed by atoms with Gasteiger partial charge in [-0.05, 0) is 6.92 Å². The molecule has 2 nitrogen and oxygen atoms in total. The predicted molar refractivity (Wildman–Crippen MR) is 42.8 cm³/mol. The maximum atomic E-state index is 5.56. The molecule has 0 fully saturated rings. The van der Waals surface area contributed by atoms with Gasteiger partial charge in [0.25, 0.3) is 5.19 Å². The lowest BCUT2D eigenvalue weighted by atomic mass is 10.6. The monoisotopic (exact) mass is 177 g/mol. The lowest BCUT2D eigenvalue weighted by molar-refractivity contribution is 0.338. The van der Waals surface area contributed by atoms with Gasteiger partial charge >= 0.3 is 0 Å². The van der Waals surface area contributed by atoms with Gasteiger partial charge in [0.1, 0.15) is 0 Å². The Bertz CT molecular complexity index is 201. The van der Waals surface area contributed by atoms with E-state index in [-0.39, 0.29) is 0 Å². The Hall–Kier alpha value is -0.280. The van der Waals surface area contributed by atoms with E-state index < -0.39 is 0 Å². The second kappa shape index (κ2) is 3.78. The molecule has 0 saturated carbocycles. The van der Waals surface area contributed by atoms with Crippen molar-refractivity contribution in [2.45, 2.75) is 12.8 Å². The molecule has 0 aliphatic carbocycles. The van der Waals surface area contributed by atoms with Crippen molar-refractivity contribution >= 4 is 22.9 Å². The minimum absolute atomic E-state index is 0.519. The van der Waals surface area contributed by atoms with Gasteiger partial charge in [-0.3, -0.25) is 0 Å². The number of rotatable bonds is 3. The highest BCUT2D eigenvalue weighted by molar-refractivity contribution is 7.13. The van der Waals surface area contributed by atoms with Crippen molar-refractivity contribution in [2.75, 3.05) is 6.61 Å². The van der Waals surface area contributed by atoms with Gasteiger partial charge in [0, 0.05) is 11.1 Å². The third-order valence-corrected chi connectivity index (χ3v) is 2.29. The van der Waals surface area contributed by atoms with Crippen LogP contribution in [0.25, 0.3) is 0 Å². The zero-order valence-electron chi connectivity index (χ0n) is 5.63. The fourth-order valence-corrected chi connectivity index (χ4v) is 1.44. The van der Waals surface area contributed by atoms with Crippen molar-refractivity contribution in [3.63, 3.8) is 0 Å². The van der Waals surface area contributed by atoms with Gasteiger partial charge in [-0.2, -0.15) is 0 Å². The van der Waals surface area contributed by atoms with Crippen LogP contribution in [0.15, 0.2) is 6.20 Å². The zero-order valence-corrected chi connectivity index (χ0v) is 7.21. The van der Waals surface area contributed by atoms with Crippen LogP contribution in [-0.4, -0.2) is 11.6 Å². The highest BCUT2D eigenvalue weighted by Gasteiger charge is 1.98. The third kappa shape index (κ3) is 1.85. The van der Waals surface area contributed by atoms with Crippen molar-refractivity contribution in [3.8, 4) is 5.19 Å². The molecule has 1 heterocycles. The number of nitrogens with zero attached hydrogens (tertiary/aromatic N) is 1. The summed E-state index contributed by atoms with van der Waals surface area (Å²) in [5.41, 5.74) is 0. The fourth-order valence-electron chi connectivity index (χ4n) is 0.542. The van der Waals surface area contributed by atoms with Gasteiger partial charge in [-0.15, -0.1) is 11.6 Å². The number of thiazole rings is 1. The van der Waals surface area contributed by atoms with Crippen LogP contribution in [0, 0.1) is 0 Å². The Balaban J connectivity index is 2.59. The van der Waals surface area contributed by atoms with Crippen molar-refractivity contribution in [3.05, 3.63) is 11.1 Å². The summed E-state index contributed by atoms with van der Waals surface area (Å²) in [5, 5.41) is 0.707. The second-order valence-electron chi connectivity index (χ2n) is 1.66. The standard InChI is InChI=1S/C6H8ClNOS/c1-2-9-6-8-4-5(3-7)10-6/h4H,2-3H2,1H3. The van der Waals surface area contributed by atoms with Crippen LogP contribution in [-0.2, 0) is 5.88 Å². The van der Waals surface area contributed by atoms with E-state index in [0.29, 0.717) is 17.7 Å². The summed E-state index contributed by atoms with van der Waals surface area (Å²) in [6.07, 6.45) is 1.74. The molecule has 0 aliphatic heterocycles. The van der Waals surface area contributed by atoms with E-state index in [1.54, 1.807) is 6.20 Å². The topological polar surface area (TPSA) is 22.1 Å². The summed E-state index contributed by atoms with van der Waals surface area (Å²) in [7, 11) is 0. The number of aromatic nitrogens is 1. The Labute approximate surface area is 68.8 Å². The van der Waals surface area contributed by atoms with Crippen LogP contribution < -0.4 is 4.74 Å². The molecular weight excluding hydrogens is 170 g/mol. The first-order valence-electron chi connectivity index (χ1n) is 3.00. The van der Waals surface area contributed by atoms with Crippen molar-refractivity contribution in [1.82, 2.24) is 4.98 Å². The number of hydrogen-bond acceptors (Lipinski definition) is 3. The first kappa shape index (κ1) is 7.82. The smallest absolute Gasteiger partial charge is 0.273 e. The molecule has 1 aromatic rings. The summed E-state index contributed by atoms with van der Waals surface area (Å²) < 4.78 is 5.14. The Kier molecular flexibility index (Phi) is 2.96. The molecule has 56 valence electrons. The lowest BCUT2D eigenvalue weighted by Gasteiger charge is -1.92. The molecule has 0 aromatic carbocycles. The van der Waals surface area contributed by atoms with E-state index in [9.17, 15) is 0 Å². The zero-order chi connectivity index (χ0) is 7.40. The highest BCUT2D eigenvalue weighted by atomic mass is 35.5. The minimum atomic E-state index is 0.519. The largest absolute Gasteiger partial charge is 0.470 e. The van der Waals surface area contributed by atoms with E-state index in [2.05, 4.69) is 4.98 Å². The first-order chi connectivity index (χ1) is 4.86. The molecule has 0 unspecified atom stereocenters. The van der Waals surface area contributed by atoms with Crippen LogP contribution in [0.4, 0.5) is 0 Å². The Morgan fingerprint density at radius 1 is 1.80 bits per heavy atom. The van der Waals surface area contributed by atoms with Gasteiger partial charge in [-0.25, -0.2) is 4.98 Å². The molecule has 1 aromatic heterocycles. The molecule has 1 rings (SSSR count). The highest BCUT2D eigenvalue weighted by Crippen LogP contribution is 2.21. The maximum absolute atomic E-state index is 5.56. The molecule has 0 saturated heterocycles. The van der Waals surface area contributed by atoms with Gasteiger partial charge in [0.2, 0.25) is 0 Å². The average Bonchev–Trinajstić information content (AvgIpc) is 2.37. The SMILES string of the molecule is CCOc1ncc(CCl)s1. The number of alkyl halides is 1. The molecular formula is C6H8ClNOS. The molecule has 0 aliphatic rings. The second-order valence-corrected chi connectivity index (χ2v) is 3.00. The summed E-state index contributed by atoms with van der Waals surface area (Å²) in [6, 6.07) is 0. The van der Waals surface area contributed by atoms with Gasteiger partial charge in [0.05, 0.1) is 12.5 Å². The Morgan fingerprint density at radius 3 is 3.10 bits per heavy atom. The normalized spacial score (nSPS) is 9.80. The minimum Gasteiger partial charge on any atom is -0.470 e. The van der Waals surface area contributed by atoms with Crippen LogP contribution in [0.3, 0.4) is 0 Å². The van der Waals surface area contributed by atoms with E-state index in [4.69, 9.17) is 16.3 Å². The molecule has 0 amide bonds. The van der Waals surface area contributed by atoms with E-state index in [1.807, 2.05) is 6.92 Å². The quantitative estimate of drug-likeness (QED) is 0.661. The van der Waals surface area contributed by atoms with Crippen molar-refractivity contribution in [2.24, 2.45) is 0 Å². The number of halogens is 1. The van der Waals surface area contributed by atoms with Gasteiger partial charge < -0.3 is 4.74 Å². The summed E-state index contributed by atoms with van der Waals surface area (Å²) in [5.74, 6) is 0.519. The lowest BCUT2D eigenvalue weighted by Crippen LogP contribution is -1.88. The average molecular weight is 178 g/mol.